The number of unbranched alkanes of at least 4 members (excludes halogenated alkanes) is 1. The van der Waals surface area contributed by atoms with Crippen molar-refractivity contribution >= 4 is 28.1 Å². The molecular formula is C23H32ClN3O5S. The van der Waals surface area contributed by atoms with Gasteiger partial charge in [-0.05, 0) is 80.5 Å². The van der Waals surface area contributed by atoms with Crippen LogP contribution in [0.15, 0.2) is 29.2 Å². The number of hydrogen-bond donors (Lipinski definition) is 1. The maximum absolute atomic E-state index is 12.9. The van der Waals surface area contributed by atoms with Crippen molar-refractivity contribution in [2.45, 2.75) is 51.5 Å². The first-order chi connectivity index (χ1) is 15.1. The second-order valence-electron chi connectivity index (χ2n) is 8.32. The molecule has 0 aliphatic carbocycles. The number of halogens is 1. The van der Waals surface area contributed by atoms with E-state index in [1.165, 1.54) is 5.56 Å². The number of methoxy groups -OCH3 is 1. The average Bonchev–Trinajstić information content (AvgIpc) is 2.75. The number of aryl methyl sites for hydroxylation is 1. The summed E-state index contributed by atoms with van der Waals surface area (Å²) in [4.78, 5) is 13.2. The lowest BCUT2D eigenvalue weighted by Crippen LogP contribution is -2.32. The number of fused-ring (bicyclic) bond motifs is 1. The van der Waals surface area contributed by atoms with Crippen molar-refractivity contribution in [2.75, 3.05) is 26.7 Å². The van der Waals surface area contributed by atoms with Gasteiger partial charge in [0.25, 0.3) is 5.69 Å². The van der Waals surface area contributed by atoms with Crippen molar-refractivity contribution in [1.82, 2.24) is 9.62 Å². The second-order valence-corrected chi connectivity index (χ2v) is 10.0. The van der Waals surface area contributed by atoms with Gasteiger partial charge in [-0.15, -0.1) is 12.4 Å². The van der Waals surface area contributed by atoms with Crippen LogP contribution in [0, 0.1) is 30.9 Å². The molecule has 0 spiro atoms. The number of nitrogens with zero attached hydrogens (tertiary/aromatic N) is 2. The summed E-state index contributed by atoms with van der Waals surface area (Å²) in [5.41, 5.74) is 4.49. The van der Waals surface area contributed by atoms with Crippen LogP contribution in [0.4, 0.5) is 5.69 Å². The second kappa shape index (κ2) is 11.3. The molecule has 10 heteroatoms. The topological polar surface area (TPSA) is 102 Å². The molecule has 182 valence electrons. The molecule has 0 atom stereocenters. The number of hydrogen-bond acceptors (Lipinski definition) is 6. The van der Waals surface area contributed by atoms with Gasteiger partial charge in [-0.3, -0.25) is 15.0 Å². The fourth-order valence-electron chi connectivity index (χ4n) is 4.29. The summed E-state index contributed by atoms with van der Waals surface area (Å²) < 4.78 is 33.9. The molecule has 1 aliphatic rings. The number of nitro groups is 1. The third-order valence-corrected chi connectivity index (χ3v) is 7.90. The predicted molar refractivity (Wildman–Crippen MR) is 131 cm³/mol. The highest BCUT2D eigenvalue weighted by Gasteiger charge is 2.23. The van der Waals surface area contributed by atoms with Gasteiger partial charge >= 0.3 is 0 Å². The Morgan fingerprint density at radius 1 is 1.12 bits per heavy atom. The molecule has 2 aromatic carbocycles. The molecule has 0 saturated carbocycles. The fraction of sp³-hybridized carbons (Fsp3) is 0.478. The zero-order valence-corrected chi connectivity index (χ0v) is 21.1. The van der Waals surface area contributed by atoms with Crippen LogP contribution in [-0.4, -0.2) is 45.0 Å². The highest BCUT2D eigenvalue weighted by atomic mass is 35.5. The molecular weight excluding hydrogens is 466 g/mol. The molecule has 0 aromatic heterocycles. The minimum atomic E-state index is -3.61. The van der Waals surface area contributed by atoms with Gasteiger partial charge in [0.1, 0.15) is 5.75 Å². The van der Waals surface area contributed by atoms with Crippen molar-refractivity contribution in [3.63, 3.8) is 0 Å². The highest BCUT2D eigenvalue weighted by Crippen LogP contribution is 2.30. The zero-order valence-electron chi connectivity index (χ0n) is 19.5. The van der Waals surface area contributed by atoms with Gasteiger partial charge in [-0.2, -0.15) is 0 Å². The molecule has 0 amide bonds. The normalized spacial score (nSPS) is 13.8. The molecule has 3 rings (SSSR count). The van der Waals surface area contributed by atoms with E-state index in [2.05, 4.69) is 9.62 Å². The quantitative estimate of drug-likeness (QED) is 0.318. The number of nitro benzene ring substituents is 1. The van der Waals surface area contributed by atoms with Crippen LogP contribution in [0.5, 0.6) is 5.75 Å². The monoisotopic (exact) mass is 497 g/mol. The Hall–Kier alpha value is -2.20. The lowest BCUT2D eigenvalue weighted by atomic mass is 9.99. The van der Waals surface area contributed by atoms with Crippen LogP contribution in [0.25, 0.3) is 0 Å². The summed E-state index contributed by atoms with van der Waals surface area (Å²) in [5.74, 6) is 0.687. The Labute approximate surface area is 201 Å². The first-order valence-electron chi connectivity index (χ1n) is 10.8. The molecule has 8 nitrogen and oxygen atoms in total. The van der Waals surface area contributed by atoms with E-state index in [9.17, 15) is 18.5 Å². The summed E-state index contributed by atoms with van der Waals surface area (Å²) in [6, 6.07) is 6.84. The Bertz CT molecular complexity index is 1120. The van der Waals surface area contributed by atoms with Crippen molar-refractivity contribution in [3.8, 4) is 5.75 Å². The summed E-state index contributed by atoms with van der Waals surface area (Å²) >= 11 is 0. The van der Waals surface area contributed by atoms with Crippen LogP contribution in [0.3, 0.4) is 0 Å². The minimum Gasteiger partial charge on any atom is -0.496 e. The van der Waals surface area contributed by atoms with Crippen LogP contribution in [0.2, 0.25) is 0 Å². The molecule has 1 heterocycles. The van der Waals surface area contributed by atoms with E-state index in [1.54, 1.807) is 39.2 Å². The largest absolute Gasteiger partial charge is 0.496 e. The maximum atomic E-state index is 12.9. The minimum absolute atomic E-state index is 0. The summed E-state index contributed by atoms with van der Waals surface area (Å²) in [7, 11) is -2.03. The van der Waals surface area contributed by atoms with E-state index >= 15 is 0 Å². The lowest BCUT2D eigenvalue weighted by molar-refractivity contribution is -0.385. The van der Waals surface area contributed by atoms with E-state index < -0.39 is 10.0 Å². The third-order valence-electron chi connectivity index (χ3n) is 6.15. The molecule has 1 N–H and O–H groups in total. The Kier molecular flexibility index (Phi) is 9.25. The Morgan fingerprint density at radius 2 is 1.85 bits per heavy atom. The molecule has 0 unspecified atom stereocenters. The van der Waals surface area contributed by atoms with Gasteiger partial charge in [0.05, 0.1) is 16.9 Å². The molecule has 0 fully saturated rings. The Balaban J connectivity index is 0.00000385. The number of sulfonamides is 1. The number of ether oxygens (including phenoxy) is 1. The molecule has 2 aromatic rings. The Morgan fingerprint density at radius 3 is 2.52 bits per heavy atom. The molecule has 0 saturated heterocycles. The fourth-order valence-corrected chi connectivity index (χ4v) is 5.89. The molecule has 33 heavy (non-hydrogen) atoms. The number of nitrogens with one attached hydrogen (secondary N) is 1. The summed E-state index contributed by atoms with van der Waals surface area (Å²) in [6.45, 7) is 8.22. The van der Waals surface area contributed by atoms with E-state index in [4.69, 9.17) is 4.74 Å². The van der Waals surface area contributed by atoms with Gasteiger partial charge < -0.3 is 4.74 Å². The van der Waals surface area contributed by atoms with E-state index in [1.807, 2.05) is 13.0 Å². The summed E-state index contributed by atoms with van der Waals surface area (Å²) in [6.07, 6.45) is 2.42. The maximum Gasteiger partial charge on any atom is 0.269 e. The van der Waals surface area contributed by atoms with Gasteiger partial charge in [0, 0.05) is 31.8 Å². The zero-order chi connectivity index (χ0) is 23.5. The number of benzene rings is 2. The molecule has 1 aliphatic heterocycles. The van der Waals surface area contributed by atoms with Crippen LogP contribution >= 0.6 is 12.4 Å². The smallest absolute Gasteiger partial charge is 0.269 e. The first-order valence-corrected chi connectivity index (χ1v) is 12.3. The van der Waals surface area contributed by atoms with Crippen molar-refractivity contribution in [1.29, 1.82) is 0 Å². The van der Waals surface area contributed by atoms with E-state index in [0.717, 1.165) is 37.1 Å². The SMILES string of the molecule is COc1cc(C)c(S(=O)(=O)NCCCCN2CCc3ccc([N+](=O)[O-])cc3C2)c(C)c1C.Cl. The van der Waals surface area contributed by atoms with Crippen LogP contribution in [0.1, 0.15) is 40.7 Å². The van der Waals surface area contributed by atoms with Gasteiger partial charge in [0.2, 0.25) is 10.0 Å². The van der Waals surface area contributed by atoms with Crippen molar-refractivity contribution < 1.29 is 18.1 Å². The van der Waals surface area contributed by atoms with Gasteiger partial charge in [-0.25, -0.2) is 13.1 Å². The lowest BCUT2D eigenvalue weighted by Gasteiger charge is -2.28. The predicted octanol–water partition coefficient (Wildman–Crippen LogP) is 4.07. The average molecular weight is 498 g/mol. The van der Waals surface area contributed by atoms with Crippen LogP contribution in [-0.2, 0) is 23.0 Å². The number of non-ortho nitro benzene ring substituents is 1. The highest BCUT2D eigenvalue weighted by molar-refractivity contribution is 7.89. The molecule has 0 radical (unpaired) electrons. The van der Waals surface area contributed by atoms with Crippen molar-refractivity contribution in [2.24, 2.45) is 0 Å². The summed E-state index contributed by atoms with van der Waals surface area (Å²) in [5, 5.41) is 11.0. The first kappa shape index (κ1) is 27.0. The number of rotatable bonds is 9. The van der Waals surface area contributed by atoms with Gasteiger partial charge in [0.15, 0.2) is 0 Å². The standard InChI is InChI=1S/C23H31N3O5S.ClH/c1-16-13-22(31-4)17(2)18(3)23(16)32(29,30)24-10-5-6-11-25-12-9-19-7-8-21(26(27)28)14-20(19)15-25;/h7-8,13-14,24H,5-6,9-12,15H2,1-4H3;1H. The van der Waals surface area contributed by atoms with E-state index in [0.29, 0.717) is 41.3 Å². The van der Waals surface area contributed by atoms with E-state index in [-0.39, 0.29) is 23.0 Å². The van der Waals surface area contributed by atoms with Gasteiger partial charge in [-0.1, -0.05) is 6.07 Å². The van der Waals surface area contributed by atoms with Crippen molar-refractivity contribution in [3.05, 3.63) is 62.2 Å². The molecule has 0 bridgehead atoms. The third kappa shape index (κ3) is 6.23. The van der Waals surface area contributed by atoms with Crippen LogP contribution < -0.4 is 9.46 Å².